The molecule has 0 radical (unpaired) electrons. The number of aryl methyl sites for hydroxylation is 1. The monoisotopic (exact) mass is 531 g/mol. The molecule has 0 bridgehead atoms. The number of phenols is 1. The molecular weight excluding hydrogens is 502 g/mol. The number of aromatic nitrogens is 1. The van der Waals surface area contributed by atoms with E-state index in [9.17, 15) is 15.1 Å². The zero-order valence-electron chi connectivity index (χ0n) is 19.0. The molecule has 2 fully saturated rings. The van der Waals surface area contributed by atoms with Crippen LogP contribution in [0.2, 0.25) is 0 Å². The Labute approximate surface area is 206 Å². The minimum Gasteiger partial charge on any atom is -0.507 e. The lowest BCUT2D eigenvalue weighted by molar-refractivity contribution is -0.116. The molecule has 5 atom stereocenters. The van der Waals surface area contributed by atoms with Gasteiger partial charge in [0.15, 0.2) is 5.13 Å². The summed E-state index contributed by atoms with van der Waals surface area (Å²) in [5, 5.41) is 27.4. The average molecular weight is 533 g/mol. The van der Waals surface area contributed by atoms with Gasteiger partial charge in [-0.2, -0.15) is 0 Å². The largest absolute Gasteiger partial charge is 0.507 e. The lowest BCUT2D eigenvalue weighted by Gasteiger charge is -2.50. The number of thiazole rings is 1. The van der Waals surface area contributed by atoms with Crippen LogP contribution in [0.3, 0.4) is 0 Å². The van der Waals surface area contributed by atoms with Crippen LogP contribution < -0.4 is 5.32 Å². The smallest absolute Gasteiger partial charge is 0.226 e. The van der Waals surface area contributed by atoms with E-state index in [4.69, 9.17) is 0 Å². The van der Waals surface area contributed by atoms with Gasteiger partial charge in [0.1, 0.15) is 5.75 Å². The van der Waals surface area contributed by atoms with Gasteiger partial charge in [-0.3, -0.25) is 4.79 Å². The van der Waals surface area contributed by atoms with E-state index in [0.29, 0.717) is 41.0 Å². The van der Waals surface area contributed by atoms with E-state index < -0.39 is 0 Å². The molecule has 5 rings (SSSR count). The number of phenolic OH excluding ortho intramolecular Hbond substituents is 1. The highest BCUT2D eigenvalue weighted by Crippen LogP contribution is 2.63. The summed E-state index contributed by atoms with van der Waals surface area (Å²) in [7, 11) is 0. The van der Waals surface area contributed by atoms with Crippen LogP contribution >= 0.6 is 27.3 Å². The number of anilines is 1. The first-order chi connectivity index (χ1) is 15.8. The van der Waals surface area contributed by atoms with Crippen LogP contribution in [0.4, 0.5) is 5.13 Å². The number of hydrogen-bond acceptors (Lipinski definition) is 6. The van der Waals surface area contributed by atoms with Gasteiger partial charge in [0.25, 0.3) is 0 Å². The number of carbonyl (C=O) groups is 1. The Kier molecular flexibility index (Phi) is 6.02. The van der Waals surface area contributed by atoms with Gasteiger partial charge < -0.3 is 15.6 Å². The Balaban J connectivity index is 1.37. The summed E-state index contributed by atoms with van der Waals surface area (Å²) in [4.78, 5) is 17.9. The maximum absolute atomic E-state index is 12.6. The number of carbonyl (C=O) groups excluding carboxylic acids is 1. The molecular formula is C25H30BrN3O3S. The molecule has 0 spiro atoms. The van der Waals surface area contributed by atoms with Crippen molar-refractivity contribution in [3.8, 4) is 5.75 Å². The van der Waals surface area contributed by atoms with Crippen molar-refractivity contribution in [3.63, 3.8) is 0 Å². The van der Waals surface area contributed by atoms with Crippen LogP contribution in [0.5, 0.6) is 5.75 Å². The van der Waals surface area contributed by atoms with Crippen molar-refractivity contribution in [2.75, 3.05) is 5.32 Å². The molecule has 176 valence electrons. The molecule has 0 aliphatic heterocycles. The summed E-state index contributed by atoms with van der Waals surface area (Å²) in [6.07, 6.45) is 7.78. The average Bonchev–Trinajstić information content (AvgIpc) is 3.33. The number of fused-ring (bicyclic) bond motifs is 5. The molecule has 3 aliphatic rings. The van der Waals surface area contributed by atoms with E-state index in [1.165, 1.54) is 22.5 Å². The molecule has 6 nitrogen and oxygen atoms in total. The molecule has 3 unspecified atom stereocenters. The molecule has 2 aromatic rings. The molecule has 33 heavy (non-hydrogen) atoms. The summed E-state index contributed by atoms with van der Waals surface area (Å²) in [5.74, 6) is 1.94. The van der Waals surface area contributed by atoms with Crippen LogP contribution in [0.25, 0.3) is 0 Å². The molecule has 1 aromatic carbocycles. The molecule has 3 N–H and O–H groups in total. The van der Waals surface area contributed by atoms with Gasteiger partial charge >= 0.3 is 0 Å². The lowest BCUT2D eigenvalue weighted by atomic mass is 9.54. The molecule has 0 saturated heterocycles. The highest BCUT2D eigenvalue weighted by Gasteiger charge is 2.57. The normalized spacial score (nSPS) is 31.7. The van der Waals surface area contributed by atoms with Crippen molar-refractivity contribution >= 4 is 44.0 Å². The molecule has 8 heteroatoms. The Hall–Kier alpha value is -1.93. The molecule has 1 amide bonds. The quantitative estimate of drug-likeness (QED) is 0.321. The fourth-order valence-corrected chi connectivity index (χ4v) is 8.26. The fourth-order valence-electron chi connectivity index (χ4n) is 7.02. The van der Waals surface area contributed by atoms with Crippen molar-refractivity contribution in [1.29, 1.82) is 0 Å². The van der Waals surface area contributed by atoms with E-state index in [-0.39, 0.29) is 11.3 Å². The number of aromatic hydroxyl groups is 1. The van der Waals surface area contributed by atoms with Crippen LogP contribution in [-0.2, 0) is 11.2 Å². The molecule has 1 aromatic heterocycles. The standard InChI is InChI=1S/C25H30BrN3O3S/c1-13-12-27-24(33-13)28-21(31)8-3-14-11-20(29-32)25(2)10-9-16-15-6-7-19(30)23(26)18(15)5-4-17(16)22(14)25/h6-7,12,14,16-17,22,30,32H,3-5,8-11H2,1-2H3,(H,27,28,31)/t14-,16?,17?,22?,25-/m1/s1. The topological polar surface area (TPSA) is 94.8 Å². The van der Waals surface area contributed by atoms with Gasteiger partial charge in [0, 0.05) is 22.9 Å². The van der Waals surface area contributed by atoms with Gasteiger partial charge in [-0.1, -0.05) is 18.1 Å². The van der Waals surface area contributed by atoms with E-state index in [0.717, 1.165) is 53.6 Å². The van der Waals surface area contributed by atoms with Crippen molar-refractivity contribution in [2.45, 2.75) is 64.7 Å². The van der Waals surface area contributed by atoms with Crippen molar-refractivity contribution < 1.29 is 15.1 Å². The molecule has 1 heterocycles. The number of benzene rings is 1. The second-order valence-corrected chi connectivity index (χ2v) is 12.2. The number of halogens is 1. The number of nitrogens with zero attached hydrogens (tertiary/aromatic N) is 2. The second-order valence-electron chi connectivity index (χ2n) is 10.1. The minimum atomic E-state index is -0.116. The summed E-state index contributed by atoms with van der Waals surface area (Å²) < 4.78 is 0.835. The maximum atomic E-state index is 12.6. The van der Waals surface area contributed by atoms with Crippen LogP contribution in [0, 0.1) is 30.1 Å². The van der Waals surface area contributed by atoms with Crippen LogP contribution in [0.15, 0.2) is 28.0 Å². The minimum absolute atomic E-state index is 0.00111. The van der Waals surface area contributed by atoms with Gasteiger partial charge in [0.2, 0.25) is 5.91 Å². The first-order valence-corrected chi connectivity index (χ1v) is 13.4. The van der Waals surface area contributed by atoms with E-state index >= 15 is 0 Å². The zero-order chi connectivity index (χ0) is 23.3. The van der Waals surface area contributed by atoms with Gasteiger partial charge in [-0.05, 0) is 102 Å². The Morgan fingerprint density at radius 3 is 2.94 bits per heavy atom. The summed E-state index contributed by atoms with van der Waals surface area (Å²) in [6, 6.07) is 3.90. The summed E-state index contributed by atoms with van der Waals surface area (Å²) >= 11 is 5.09. The Bertz CT molecular complexity index is 1120. The summed E-state index contributed by atoms with van der Waals surface area (Å²) in [6.45, 7) is 4.24. The third-order valence-corrected chi connectivity index (χ3v) is 10.1. The predicted molar refractivity (Wildman–Crippen MR) is 133 cm³/mol. The summed E-state index contributed by atoms with van der Waals surface area (Å²) in [5.41, 5.74) is 3.38. The number of oxime groups is 1. The van der Waals surface area contributed by atoms with Crippen molar-refractivity contribution in [3.05, 3.63) is 38.8 Å². The van der Waals surface area contributed by atoms with E-state index in [1.807, 2.05) is 6.92 Å². The van der Waals surface area contributed by atoms with Gasteiger partial charge in [-0.25, -0.2) is 4.98 Å². The SMILES string of the molecule is Cc1cnc(NC(=O)CC[C@@H]2CC(=NO)[C@@]3(C)CCC4c5ccc(O)c(Br)c5CCC4C23)s1. The second kappa shape index (κ2) is 8.69. The van der Waals surface area contributed by atoms with E-state index in [1.54, 1.807) is 12.3 Å². The first kappa shape index (κ1) is 22.8. The number of rotatable bonds is 4. The highest BCUT2D eigenvalue weighted by atomic mass is 79.9. The number of hydrogen-bond donors (Lipinski definition) is 3. The van der Waals surface area contributed by atoms with Gasteiger partial charge in [0.05, 0.1) is 10.2 Å². The Morgan fingerprint density at radius 1 is 1.39 bits per heavy atom. The number of amides is 1. The number of nitrogens with one attached hydrogen (secondary N) is 1. The van der Waals surface area contributed by atoms with Crippen LogP contribution in [-0.4, -0.2) is 26.9 Å². The van der Waals surface area contributed by atoms with Crippen LogP contribution in [0.1, 0.15) is 67.4 Å². The fraction of sp³-hybridized carbons (Fsp3) is 0.560. The third-order valence-electron chi connectivity index (χ3n) is 8.43. The molecule has 2 saturated carbocycles. The lowest BCUT2D eigenvalue weighted by Crippen LogP contribution is -2.44. The van der Waals surface area contributed by atoms with Crippen molar-refractivity contribution in [2.24, 2.45) is 28.3 Å². The van der Waals surface area contributed by atoms with E-state index in [2.05, 4.69) is 44.4 Å². The van der Waals surface area contributed by atoms with Crippen molar-refractivity contribution in [1.82, 2.24) is 4.98 Å². The first-order valence-electron chi connectivity index (χ1n) is 11.8. The maximum Gasteiger partial charge on any atom is 0.226 e. The third kappa shape index (κ3) is 3.89. The predicted octanol–water partition coefficient (Wildman–Crippen LogP) is 6.25. The zero-order valence-corrected chi connectivity index (χ0v) is 21.4. The molecule has 3 aliphatic carbocycles. The Morgan fingerprint density at radius 2 is 2.21 bits per heavy atom. The van der Waals surface area contributed by atoms with Gasteiger partial charge in [-0.15, -0.1) is 11.3 Å². The highest BCUT2D eigenvalue weighted by molar-refractivity contribution is 9.10.